The van der Waals surface area contributed by atoms with Crippen LogP contribution in [0.25, 0.3) is 10.9 Å². The number of hydrogen-bond donors (Lipinski definition) is 1. The maximum absolute atomic E-state index is 12.3. The third kappa shape index (κ3) is 6.20. The first kappa shape index (κ1) is 24.5. The lowest BCUT2D eigenvalue weighted by Crippen LogP contribution is -2.32. The summed E-state index contributed by atoms with van der Waals surface area (Å²) < 4.78 is 18.2. The summed E-state index contributed by atoms with van der Waals surface area (Å²) in [6.07, 6.45) is -0.452. The largest absolute Gasteiger partial charge is 0.487 e. The number of fused-ring (bicyclic) bond motifs is 1. The van der Waals surface area contributed by atoms with Crippen molar-refractivity contribution in [2.75, 3.05) is 6.61 Å². The van der Waals surface area contributed by atoms with Gasteiger partial charge in [0.1, 0.15) is 23.7 Å². The highest BCUT2D eigenvalue weighted by molar-refractivity contribution is 6.35. The minimum absolute atomic E-state index is 0.292. The second-order valence-electron chi connectivity index (χ2n) is 8.58. The molecule has 1 aromatic heterocycles. The number of aromatic nitrogens is 1. The van der Waals surface area contributed by atoms with Crippen LogP contribution in [0.4, 0.5) is 4.79 Å². The standard InChI is InChI=1S/C25H29ClN2O5/c1-6-31-23(29)20-13-18-19(26)11-12-21(22(18)28(20)5)32-15-17-9-7-16(8-10-17)14-27-24(30)33-25(2,3)4/h7-13H,6,14-15H2,1-5H3,(H,27,30). The number of rotatable bonds is 7. The average molecular weight is 473 g/mol. The van der Waals surface area contributed by atoms with Crippen LogP contribution in [-0.4, -0.2) is 28.8 Å². The third-order valence-electron chi connectivity index (χ3n) is 4.84. The molecule has 0 unspecified atom stereocenters. The molecule has 7 nitrogen and oxygen atoms in total. The molecule has 1 heterocycles. The molecule has 3 aromatic rings. The minimum atomic E-state index is -0.534. The Kier molecular flexibility index (Phi) is 7.53. The zero-order valence-corrected chi connectivity index (χ0v) is 20.3. The van der Waals surface area contributed by atoms with Crippen LogP contribution < -0.4 is 10.1 Å². The number of alkyl carbamates (subject to hydrolysis) is 1. The smallest absolute Gasteiger partial charge is 0.407 e. The number of esters is 1. The molecule has 0 bridgehead atoms. The molecule has 3 rings (SSSR count). The number of halogens is 1. The lowest BCUT2D eigenvalue weighted by atomic mass is 10.1. The van der Waals surface area contributed by atoms with Crippen molar-refractivity contribution in [1.29, 1.82) is 0 Å². The van der Waals surface area contributed by atoms with Crippen molar-refractivity contribution in [2.24, 2.45) is 7.05 Å². The summed E-state index contributed by atoms with van der Waals surface area (Å²) in [6, 6.07) is 13.0. The molecule has 0 spiro atoms. The molecule has 0 saturated carbocycles. The number of benzene rings is 2. The fraction of sp³-hybridized carbons (Fsp3) is 0.360. The second kappa shape index (κ2) is 10.2. The molecule has 8 heteroatoms. The molecule has 176 valence electrons. The van der Waals surface area contributed by atoms with E-state index in [9.17, 15) is 9.59 Å². The SMILES string of the molecule is CCOC(=O)c1cc2c(Cl)ccc(OCc3ccc(CNC(=O)OC(C)(C)C)cc3)c2n1C. The van der Waals surface area contributed by atoms with E-state index in [1.165, 1.54) is 0 Å². The predicted octanol–water partition coefficient (Wildman–Crippen LogP) is 5.61. The van der Waals surface area contributed by atoms with Gasteiger partial charge in [-0.1, -0.05) is 35.9 Å². The lowest BCUT2D eigenvalue weighted by molar-refractivity contribution is 0.0508. The molecule has 0 fully saturated rings. The number of nitrogens with one attached hydrogen (secondary N) is 1. The fourth-order valence-corrected chi connectivity index (χ4v) is 3.53. The van der Waals surface area contributed by atoms with Gasteiger partial charge in [0, 0.05) is 19.0 Å². The molecular weight excluding hydrogens is 444 g/mol. The molecule has 0 atom stereocenters. The first-order valence-corrected chi connectivity index (χ1v) is 11.1. The van der Waals surface area contributed by atoms with E-state index in [1.807, 2.05) is 45.0 Å². The summed E-state index contributed by atoms with van der Waals surface area (Å²) in [4.78, 5) is 24.1. The number of ether oxygens (including phenoxy) is 3. The number of nitrogens with zero attached hydrogens (tertiary/aromatic N) is 1. The maximum Gasteiger partial charge on any atom is 0.407 e. The average Bonchev–Trinajstić information content (AvgIpc) is 3.10. The lowest BCUT2D eigenvalue weighted by Gasteiger charge is -2.19. The number of aryl methyl sites for hydroxylation is 1. The van der Waals surface area contributed by atoms with Crippen LogP contribution in [0.3, 0.4) is 0 Å². The number of amides is 1. The van der Waals surface area contributed by atoms with Gasteiger partial charge in [0.15, 0.2) is 0 Å². The molecule has 1 N–H and O–H groups in total. The summed E-state index contributed by atoms with van der Waals surface area (Å²) in [5.74, 6) is 0.205. The van der Waals surface area contributed by atoms with Crippen LogP contribution in [-0.2, 0) is 29.7 Å². The summed E-state index contributed by atoms with van der Waals surface area (Å²) in [6.45, 7) is 8.22. The van der Waals surface area contributed by atoms with Crippen molar-refractivity contribution in [3.8, 4) is 5.75 Å². The van der Waals surface area contributed by atoms with E-state index in [2.05, 4.69) is 5.32 Å². The van der Waals surface area contributed by atoms with Gasteiger partial charge in [-0.25, -0.2) is 9.59 Å². The van der Waals surface area contributed by atoms with Crippen LogP contribution in [0, 0.1) is 0 Å². The van der Waals surface area contributed by atoms with E-state index >= 15 is 0 Å². The maximum atomic E-state index is 12.3. The highest BCUT2D eigenvalue weighted by atomic mass is 35.5. The van der Waals surface area contributed by atoms with Gasteiger partial charge in [-0.05, 0) is 57.0 Å². The second-order valence-corrected chi connectivity index (χ2v) is 8.98. The van der Waals surface area contributed by atoms with E-state index < -0.39 is 17.7 Å². The molecule has 2 aromatic carbocycles. The monoisotopic (exact) mass is 472 g/mol. The van der Waals surface area contributed by atoms with Gasteiger partial charge in [0.25, 0.3) is 0 Å². The Bertz CT molecular complexity index is 1150. The van der Waals surface area contributed by atoms with Gasteiger partial charge in [0.05, 0.1) is 17.1 Å². The molecule has 0 aliphatic carbocycles. The van der Waals surface area contributed by atoms with Crippen molar-refractivity contribution in [3.05, 3.63) is 64.3 Å². The molecule has 1 amide bonds. The highest BCUT2D eigenvalue weighted by Crippen LogP contribution is 2.34. The Morgan fingerprint density at radius 1 is 1.06 bits per heavy atom. The van der Waals surface area contributed by atoms with Gasteiger partial charge < -0.3 is 24.1 Å². The topological polar surface area (TPSA) is 78.8 Å². The Morgan fingerprint density at radius 3 is 2.36 bits per heavy atom. The van der Waals surface area contributed by atoms with E-state index in [4.69, 9.17) is 25.8 Å². The van der Waals surface area contributed by atoms with Crippen molar-refractivity contribution >= 4 is 34.6 Å². The summed E-state index contributed by atoms with van der Waals surface area (Å²) >= 11 is 6.36. The van der Waals surface area contributed by atoms with Crippen molar-refractivity contribution < 1.29 is 23.8 Å². The molecular formula is C25H29ClN2O5. The van der Waals surface area contributed by atoms with E-state index in [-0.39, 0.29) is 0 Å². The minimum Gasteiger partial charge on any atom is -0.487 e. The van der Waals surface area contributed by atoms with Gasteiger partial charge in [-0.2, -0.15) is 0 Å². The fourth-order valence-electron chi connectivity index (χ4n) is 3.32. The van der Waals surface area contributed by atoms with Gasteiger partial charge in [0.2, 0.25) is 0 Å². The summed E-state index contributed by atoms with van der Waals surface area (Å²) in [5.41, 5.74) is 2.50. The Labute approximate surface area is 198 Å². The Hall–Kier alpha value is -3.19. The van der Waals surface area contributed by atoms with Crippen molar-refractivity contribution in [1.82, 2.24) is 9.88 Å². The van der Waals surface area contributed by atoms with E-state index in [1.54, 1.807) is 36.7 Å². The van der Waals surface area contributed by atoms with Crippen LogP contribution in [0.1, 0.15) is 49.3 Å². The van der Waals surface area contributed by atoms with Crippen molar-refractivity contribution in [3.63, 3.8) is 0 Å². The highest BCUT2D eigenvalue weighted by Gasteiger charge is 2.19. The van der Waals surface area contributed by atoms with Crippen LogP contribution in [0.2, 0.25) is 5.02 Å². The third-order valence-corrected chi connectivity index (χ3v) is 5.17. The van der Waals surface area contributed by atoms with E-state index in [0.717, 1.165) is 22.0 Å². The number of hydrogen-bond acceptors (Lipinski definition) is 5. The normalized spacial score (nSPS) is 11.3. The van der Waals surface area contributed by atoms with Crippen LogP contribution in [0.5, 0.6) is 5.75 Å². The van der Waals surface area contributed by atoms with Gasteiger partial charge in [-0.3, -0.25) is 0 Å². The van der Waals surface area contributed by atoms with Crippen LogP contribution in [0.15, 0.2) is 42.5 Å². The van der Waals surface area contributed by atoms with Crippen LogP contribution >= 0.6 is 11.6 Å². The first-order valence-electron chi connectivity index (χ1n) is 10.7. The Balaban J connectivity index is 1.68. The zero-order valence-electron chi connectivity index (χ0n) is 19.5. The zero-order chi connectivity index (χ0) is 24.2. The van der Waals surface area contributed by atoms with Crippen molar-refractivity contribution in [2.45, 2.75) is 46.4 Å². The quantitative estimate of drug-likeness (QED) is 0.452. The van der Waals surface area contributed by atoms with E-state index in [0.29, 0.717) is 36.2 Å². The molecule has 0 aliphatic heterocycles. The Morgan fingerprint density at radius 2 is 1.73 bits per heavy atom. The number of carbonyl (C=O) groups excluding carboxylic acids is 2. The molecule has 0 radical (unpaired) electrons. The number of carbonyl (C=O) groups is 2. The summed E-state index contributed by atoms with van der Waals surface area (Å²) in [5, 5.41) is 4.00. The van der Waals surface area contributed by atoms with Gasteiger partial charge >= 0.3 is 12.1 Å². The first-order chi connectivity index (χ1) is 15.6. The van der Waals surface area contributed by atoms with Gasteiger partial charge in [-0.15, -0.1) is 0 Å². The molecule has 0 aliphatic rings. The molecule has 0 saturated heterocycles. The predicted molar refractivity (Wildman–Crippen MR) is 128 cm³/mol. The molecule has 33 heavy (non-hydrogen) atoms. The summed E-state index contributed by atoms with van der Waals surface area (Å²) in [7, 11) is 1.78.